The third-order valence-corrected chi connectivity index (χ3v) is 1.89. The van der Waals surface area contributed by atoms with Crippen LogP contribution in [0, 0.1) is 0 Å². The Bertz CT molecular complexity index is 295. The van der Waals surface area contributed by atoms with Gasteiger partial charge in [-0.15, -0.1) is 0 Å². The highest BCUT2D eigenvalue weighted by Crippen LogP contribution is 2.29. The highest BCUT2D eigenvalue weighted by Gasteiger charge is 2.00. The van der Waals surface area contributed by atoms with Crippen LogP contribution < -0.4 is 4.52 Å². The van der Waals surface area contributed by atoms with Crippen LogP contribution in [0.3, 0.4) is 0 Å². The first-order valence-electron chi connectivity index (χ1n) is 2.95. The minimum absolute atomic E-state index is 0.193. The van der Waals surface area contributed by atoms with Gasteiger partial charge in [-0.05, 0) is 18.2 Å². The van der Waals surface area contributed by atoms with Crippen LogP contribution in [0.2, 0.25) is 10.0 Å². The molecule has 0 aliphatic heterocycles. The Morgan fingerprint density at radius 3 is 2.17 bits per heavy atom. The molecule has 0 aromatic heterocycles. The summed E-state index contributed by atoms with van der Waals surface area (Å²) in [6.07, 6.45) is 0. The predicted molar refractivity (Wildman–Crippen MR) is 48.3 cm³/mol. The average Bonchev–Trinajstić information content (AvgIpc) is 1.81. The third-order valence-electron chi connectivity index (χ3n) is 1.04. The zero-order valence-electron chi connectivity index (χ0n) is 5.75. The number of halogens is 2. The van der Waals surface area contributed by atoms with E-state index >= 15 is 0 Å². The normalized spacial score (nSPS) is 12.6. The van der Waals surface area contributed by atoms with Crippen LogP contribution in [0.15, 0.2) is 18.2 Å². The molecular formula is C6H5Cl2O3P. The van der Waals surface area contributed by atoms with E-state index in [-0.39, 0.29) is 5.75 Å². The SMILES string of the molecule is O=[PH](O)Oc1cc(Cl)cc(Cl)c1. The summed E-state index contributed by atoms with van der Waals surface area (Å²) < 4.78 is 14.8. The maximum Gasteiger partial charge on any atom is 0.365 e. The van der Waals surface area contributed by atoms with E-state index in [1.165, 1.54) is 18.2 Å². The fraction of sp³-hybridized carbons (Fsp3) is 0. The molecule has 1 aromatic rings. The number of rotatable bonds is 2. The topological polar surface area (TPSA) is 46.5 Å². The Balaban J connectivity index is 2.93. The van der Waals surface area contributed by atoms with Crippen molar-refractivity contribution in [3.63, 3.8) is 0 Å². The van der Waals surface area contributed by atoms with Gasteiger partial charge in [0.2, 0.25) is 0 Å². The molecule has 0 spiro atoms. The Hall–Kier alpha value is -0.210. The predicted octanol–water partition coefficient (Wildman–Crippen LogP) is 2.75. The van der Waals surface area contributed by atoms with E-state index in [0.29, 0.717) is 10.0 Å². The second kappa shape index (κ2) is 4.15. The lowest BCUT2D eigenvalue weighted by Gasteiger charge is -2.01. The summed E-state index contributed by atoms with van der Waals surface area (Å²) in [5, 5.41) is 0.724. The zero-order chi connectivity index (χ0) is 9.14. The first-order chi connectivity index (χ1) is 5.58. The molecule has 1 aromatic carbocycles. The highest BCUT2D eigenvalue weighted by molar-refractivity contribution is 7.32. The van der Waals surface area contributed by atoms with Crippen molar-refractivity contribution >= 4 is 31.5 Å². The number of hydrogen-bond acceptors (Lipinski definition) is 2. The molecule has 0 radical (unpaired) electrons. The first kappa shape index (κ1) is 9.87. The van der Waals surface area contributed by atoms with Crippen LogP contribution in [0.1, 0.15) is 0 Å². The molecule has 0 fully saturated rings. The van der Waals surface area contributed by atoms with E-state index in [9.17, 15) is 4.57 Å². The lowest BCUT2D eigenvalue weighted by atomic mass is 10.3. The van der Waals surface area contributed by atoms with Gasteiger partial charge in [0.1, 0.15) is 5.75 Å². The van der Waals surface area contributed by atoms with Crippen molar-refractivity contribution in [2.75, 3.05) is 0 Å². The number of benzene rings is 1. The van der Waals surface area contributed by atoms with Crippen molar-refractivity contribution in [3.8, 4) is 5.75 Å². The summed E-state index contributed by atoms with van der Waals surface area (Å²) in [5.41, 5.74) is 0. The standard InChI is InChI=1S/C6H5Cl2O3P/c7-4-1-5(8)3-6(2-4)11-12(9)10/h1-3,12H,(H,9,10). The lowest BCUT2D eigenvalue weighted by Crippen LogP contribution is -1.79. The van der Waals surface area contributed by atoms with Gasteiger partial charge in [0, 0.05) is 10.0 Å². The van der Waals surface area contributed by atoms with Crippen molar-refractivity contribution in [3.05, 3.63) is 28.2 Å². The van der Waals surface area contributed by atoms with Crippen molar-refractivity contribution in [1.82, 2.24) is 0 Å². The zero-order valence-corrected chi connectivity index (χ0v) is 8.26. The fourth-order valence-electron chi connectivity index (χ4n) is 0.688. The molecule has 0 bridgehead atoms. The molecule has 0 aliphatic rings. The van der Waals surface area contributed by atoms with E-state index in [1.807, 2.05) is 0 Å². The molecule has 0 aliphatic carbocycles. The fourth-order valence-corrected chi connectivity index (χ4v) is 1.51. The molecule has 0 saturated carbocycles. The Kier molecular flexibility index (Phi) is 3.41. The summed E-state index contributed by atoms with van der Waals surface area (Å²) in [4.78, 5) is 8.43. The monoisotopic (exact) mass is 226 g/mol. The quantitative estimate of drug-likeness (QED) is 0.790. The average molecular weight is 227 g/mol. The Morgan fingerprint density at radius 1 is 1.25 bits per heavy atom. The minimum atomic E-state index is -2.99. The molecule has 0 amide bonds. The Labute approximate surface area is 79.8 Å². The second-order valence-corrected chi connectivity index (χ2v) is 3.58. The molecule has 1 rings (SSSR count). The van der Waals surface area contributed by atoms with Crippen LogP contribution >= 0.6 is 31.5 Å². The van der Waals surface area contributed by atoms with Gasteiger partial charge >= 0.3 is 8.25 Å². The van der Waals surface area contributed by atoms with Gasteiger partial charge in [-0.25, -0.2) is 4.57 Å². The van der Waals surface area contributed by atoms with Gasteiger partial charge < -0.3 is 9.42 Å². The third kappa shape index (κ3) is 3.03. The summed E-state index contributed by atoms with van der Waals surface area (Å²) in [5.74, 6) is 0.193. The largest absolute Gasteiger partial charge is 0.426 e. The van der Waals surface area contributed by atoms with Crippen LogP contribution in [-0.4, -0.2) is 4.89 Å². The van der Waals surface area contributed by atoms with E-state index in [4.69, 9.17) is 28.1 Å². The second-order valence-electron chi connectivity index (χ2n) is 1.97. The van der Waals surface area contributed by atoms with E-state index in [2.05, 4.69) is 4.52 Å². The van der Waals surface area contributed by atoms with Gasteiger partial charge in [-0.2, -0.15) is 0 Å². The molecule has 0 heterocycles. The molecule has 0 saturated heterocycles. The molecule has 3 nitrogen and oxygen atoms in total. The highest BCUT2D eigenvalue weighted by atomic mass is 35.5. The van der Waals surface area contributed by atoms with Crippen molar-refractivity contribution in [2.24, 2.45) is 0 Å². The smallest absolute Gasteiger partial charge is 0.365 e. The van der Waals surface area contributed by atoms with E-state index in [1.54, 1.807) is 0 Å². The van der Waals surface area contributed by atoms with Crippen LogP contribution in [-0.2, 0) is 4.57 Å². The van der Waals surface area contributed by atoms with Crippen molar-refractivity contribution in [1.29, 1.82) is 0 Å². The van der Waals surface area contributed by atoms with Gasteiger partial charge in [0.15, 0.2) is 0 Å². The lowest BCUT2D eigenvalue weighted by molar-refractivity contribution is 0.410. The maximum absolute atomic E-state index is 10.3. The summed E-state index contributed by atoms with van der Waals surface area (Å²) >= 11 is 11.2. The van der Waals surface area contributed by atoms with Crippen molar-refractivity contribution in [2.45, 2.75) is 0 Å². The maximum atomic E-state index is 10.3. The van der Waals surface area contributed by atoms with Crippen LogP contribution in [0.4, 0.5) is 0 Å². The molecule has 66 valence electrons. The minimum Gasteiger partial charge on any atom is -0.426 e. The Morgan fingerprint density at radius 2 is 1.75 bits per heavy atom. The van der Waals surface area contributed by atoms with Crippen LogP contribution in [0.25, 0.3) is 0 Å². The first-order valence-corrected chi connectivity index (χ1v) is 4.97. The summed E-state index contributed by atoms with van der Waals surface area (Å²) in [6, 6.07) is 4.32. The molecule has 1 unspecified atom stereocenters. The summed E-state index contributed by atoms with van der Waals surface area (Å²) in [7, 11) is -2.99. The molecule has 1 atom stereocenters. The van der Waals surface area contributed by atoms with Crippen LogP contribution in [0.5, 0.6) is 5.75 Å². The molecule has 6 heteroatoms. The van der Waals surface area contributed by atoms with E-state index < -0.39 is 8.25 Å². The summed E-state index contributed by atoms with van der Waals surface area (Å²) in [6.45, 7) is 0. The number of hydrogen-bond donors (Lipinski definition) is 1. The molecular weight excluding hydrogens is 222 g/mol. The van der Waals surface area contributed by atoms with Gasteiger partial charge in [0.25, 0.3) is 0 Å². The van der Waals surface area contributed by atoms with Gasteiger partial charge in [-0.3, -0.25) is 0 Å². The van der Waals surface area contributed by atoms with E-state index in [0.717, 1.165) is 0 Å². The molecule has 1 N–H and O–H groups in total. The molecule has 12 heavy (non-hydrogen) atoms. The van der Waals surface area contributed by atoms with Gasteiger partial charge in [-0.1, -0.05) is 23.2 Å². The van der Waals surface area contributed by atoms with Crippen molar-refractivity contribution < 1.29 is 14.0 Å². The van der Waals surface area contributed by atoms with Gasteiger partial charge in [0.05, 0.1) is 0 Å².